The van der Waals surface area contributed by atoms with Crippen molar-refractivity contribution in [1.29, 1.82) is 0 Å². The summed E-state index contributed by atoms with van der Waals surface area (Å²) in [5, 5.41) is 0. The fourth-order valence-corrected chi connectivity index (χ4v) is 2.62. The maximum Gasteiger partial charge on any atom is 0.251 e. The van der Waals surface area contributed by atoms with Gasteiger partial charge in [-0.15, -0.1) is 0 Å². The van der Waals surface area contributed by atoms with Crippen LogP contribution in [-0.2, 0) is 21.7 Å². The molecule has 0 amide bonds. The van der Waals surface area contributed by atoms with Crippen molar-refractivity contribution in [1.82, 2.24) is 9.97 Å². The molecule has 100 valence electrons. The summed E-state index contributed by atoms with van der Waals surface area (Å²) in [7, 11) is 1.59. The maximum absolute atomic E-state index is 11.7. The van der Waals surface area contributed by atoms with Crippen molar-refractivity contribution in [2.24, 2.45) is 0 Å². The number of methoxy groups -OCH3 is 1. The molecule has 1 aromatic heterocycles. The molecule has 0 bridgehead atoms. The summed E-state index contributed by atoms with van der Waals surface area (Å²) in [4.78, 5) is 19.0. The van der Waals surface area contributed by atoms with E-state index in [4.69, 9.17) is 9.47 Å². The highest BCUT2D eigenvalue weighted by molar-refractivity contribution is 5.10. The molecule has 1 heterocycles. The number of rotatable bonds is 5. The second-order valence-corrected chi connectivity index (χ2v) is 4.65. The summed E-state index contributed by atoms with van der Waals surface area (Å²) < 4.78 is 10.9. The van der Waals surface area contributed by atoms with Gasteiger partial charge in [0.05, 0.1) is 12.3 Å². The maximum atomic E-state index is 11.7. The SMILES string of the molecule is CCOC1(c2nc(COC)cc(=O)[nH]2)CCCC1. The minimum Gasteiger partial charge on any atom is -0.378 e. The average molecular weight is 252 g/mol. The molecule has 0 unspecified atom stereocenters. The van der Waals surface area contributed by atoms with E-state index in [9.17, 15) is 4.79 Å². The lowest BCUT2D eigenvalue weighted by Crippen LogP contribution is -2.31. The number of aromatic nitrogens is 2. The highest BCUT2D eigenvalue weighted by Gasteiger charge is 2.38. The Labute approximate surface area is 107 Å². The van der Waals surface area contributed by atoms with E-state index in [0.717, 1.165) is 25.7 Å². The largest absolute Gasteiger partial charge is 0.378 e. The Morgan fingerprint density at radius 2 is 2.17 bits per heavy atom. The fraction of sp³-hybridized carbons (Fsp3) is 0.692. The van der Waals surface area contributed by atoms with E-state index in [-0.39, 0.29) is 5.56 Å². The fourth-order valence-electron chi connectivity index (χ4n) is 2.62. The molecule has 0 spiro atoms. The first-order valence-electron chi connectivity index (χ1n) is 6.44. The summed E-state index contributed by atoms with van der Waals surface area (Å²) in [5.74, 6) is 0.654. The van der Waals surface area contributed by atoms with E-state index >= 15 is 0 Å². The molecule has 1 aromatic rings. The molecule has 0 radical (unpaired) electrons. The van der Waals surface area contributed by atoms with Gasteiger partial charge in [-0.05, 0) is 32.6 Å². The van der Waals surface area contributed by atoms with Crippen LogP contribution in [0.1, 0.15) is 44.1 Å². The van der Waals surface area contributed by atoms with Crippen LogP contribution in [-0.4, -0.2) is 23.7 Å². The van der Waals surface area contributed by atoms with Crippen molar-refractivity contribution in [3.63, 3.8) is 0 Å². The van der Waals surface area contributed by atoms with Gasteiger partial charge in [0.2, 0.25) is 0 Å². The average Bonchev–Trinajstić information content (AvgIpc) is 2.79. The van der Waals surface area contributed by atoms with Gasteiger partial charge in [-0.1, -0.05) is 0 Å². The molecule has 0 aliphatic heterocycles. The van der Waals surface area contributed by atoms with Crippen molar-refractivity contribution in [3.05, 3.63) is 27.9 Å². The zero-order chi connectivity index (χ0) is 13.0. The highest BCUT2D eigenvalue weighted by Crippen LogP contribution is 2.40. The Bertz CT molecular complexity index is 450. The van der Waals surface area contributed by atoms with E-state index in [0.29, 0.717) is 24.7 Å². The summed E-state index contributed by atoms with van der Waals surface area (Å²) in [6.45, 7) is 2.94. The Morgan fingerprint density at radius 1 is 1.44 bits per heavy atom. The quantitative estimate of drug-likeness (QED) is 0.866. The summed E-state index contributed by atoms with van der Waals surface area (Å²) in [5.41, 5.74) is 0.109. The number of ether oxygens (including phenoxy) is 2. The van der Waals surface area contributed by atoms with Gasteiger partial charge in [0.25, 0.3) is 5.56 Å². The molecule has 0 saturated heterocycles. The summed E-state index contributed by atoms with van der Waals surface area (Å²) >= 11 is 0. The Morgan fingerprint density at radius 3 is 2.78 bits per heavy atom. The molecule has 1 N–H and O–H groups in total. The van der Waals surface area contributed by atoms with Gasteiger partial charge < -0.3 is 14.5 Å². The van der Waals surface area contributed by atoms with Crippen molar-refractivity contribution in [2.75, 3.05) is 13.7 Å². The molecular weight excluding hydrogens is 232 g/mol. The van der Waals surface area contributed by atoms with Gasteiger partial charge in [0.15, 0.2) is 0 Å². The third kappa shape index (κ3) is 2.62. The number of H-pyrrole nitrogens is 1. The molecular formula is C13H20N2O3. The molecule has 1 aliphatic rings. The molecule has 0 aromatic carbocycles. The number of nitrogens with zero attached hydrogens (tertiary/aromatic N) is 1. The highest BCUT2D eigenvalue weighted by atomic mass is 16.5. The first-order valence-corrected chi connectivity index (χ1v) is 6.44. The lowest BCUT2D eigenvalue weighted by Gasteiger charge is -2.27. The monoisotopic (exact) mass is 252 g/mol. The van der Waals surface area contributed by atoms with E-state index in [2.05, 4.69) is 9.97 Å². The van der Waals surface area contributed by atoms with Crippen LogP contribution in [0.3, 0.4) is 0 Å². The predicted octanol–water partition coefficient (Wildman–Crippen LogP) is 1.72. The zero-order valence-corrected chi connectivity index (χ0v) is 11.0. The molecule has 1 fully saturated rings. The van der Waals surface area contributed by atoms with Crippen molar-refractivity contribution in [3.8, 4) is 0 Å². The summed E-state index contributed by atoms with van der Waals surface area (Å²) in [6.07, 6.45) is 4.05. The van der Waals surface area contributed by atoms with Crippen LogP contribution in [0.5, 0.6) is 0 Å². The standard InChI is InChI=1S/C13H20N2O3/c1-3-18-13(6-4-5-7-13)12-14-10(9-17-2)8-11(16)15-12/h8H,3-7,9H2,1-2H3,(H,14,15,16). The number of nitrogens with one attached hydrogen (secondary N) is 1. The lowest BCUT2D eigenvalue weighted by atomic mass is 10.0. The van der Waals surface area contributed by atoms with Crippen molar-refractivity contribution >= 4 is 0 Å². The van der Waals surface area contributed by atoms with Crippen LogP contribution in [0.4, 0.5) is 0 Å². The van der Waals surface area contributed by atoms with Crippen LogP contribution in [0.25, 0.3) is 0 Å². The van der Waals surface area contributed by atoms with Gasteiger partial charge in [-0.3, -0.25) is 4.79 Å². The zero-order valence-electron chi connectivity index (χ0n) is 11.0. The molecule has 5 heteroatoms. The van der Waals surface area contributed by atoms with Crippen LogP contribution in [0.15, 0.2) is 10.9 Å². The smallest absolute Gasteiger partial charge is 0.251 e. The molecule has 18 heavy (non-hydrogen) atoms. The van der Waals surface area contributed by atoms with Crippen LogP contribution >= 0.6 is 0 Å². The van der Waals surface area contributed by atoms with Crippen LogP contribution in [0.2, 0.25) is 0 Å². The predicted molar refractivity (Wildman–Crippen MR) is 67.3 cm³/mol. The van der Waals surface area contributed by atoms with Crippen LogP contribution in [0, 0.1) is 0 Å². The van der Waals surface area contributed by atoms with E-state index < -0.39 is 5.60 Å². The van der Waals surface area contributed by atoms with Gasteiger partial charge in [-0.25, -0.2) is 4.98 Å². The Kier molecular flexibility index (Phi) is 4.14. The summed E-state index contributed by atoms with van der Waals surface area (Å²) in [6, 6.07) is 1.47. The second kappa shape index (κ2) is 5.63. The van der Waals surface area contributed by atoms with Crippen molar-refractivity contribution in [2.45, 2.75) is 44.8 Å². The van der Waals surface area contributed by atoms with Gasteiger partial charge >= 0.3 is 0 Å². The molecule has 2 rings (SSSR count). The van der Waals surface area contributed by atoms with Gasteiger partial charge in [-0.2, -0.15) is 0 Å². The Hall–Kier alpha value is -1.20. The number of aromatic amines is 1. The molecule has 5 nitrogen and oxygen atoms in total. The first kappa shape index (κ1) is 13.2. The van der Waals surface area contributed by atoms with Crippen LogP contribution < -0.4 is 5.56 Å². The first-order chi connectivity index (χ1) is 8.70. The Balaban J connectivity index is 2.38. The topological polar surface area (TPSA) is 64.2 Å². The second-order valence-electron chi connectivity index (χ2n) is 4.65. The van der Waals surface area contributed by atoms with E-state index in [1.807, 2.05) is 6.92 Å². The van der Waals surface area contributed by atoms with E-state index in [1.54, 1.807) is 7.11 Å². The van der Waals surface area contributed by atoms with Gasteiger partial charge in [0, 0.05) is 19.8 Å². The lowest BCUT2D eigenvalue weighted by molar-refractivity contribution is -0.0461. The third-order valence-corrected chi connectivity index (χ3v) is 3.35. The third-order valence-electron chi connectivity index (χ3n) is 3.35. The minimum atomic E-state index is -0.405. The normalized spacial score (nSPS) is 18.1. The van der Waals surface area contributed by atoms with E-state index in [1.165, 1.54) is 6.07 Å². The van der Waals surface area contributed by atoms with Crippen molar-refractivity contribution < 1.29 is 9.47 Å². The number of hydrogen-bond donors (Lipinski definition) is 1. The van der Waals surface area contributed by atoms with Gasteiger partial charge in [0.1, 0.15) is 11.4 Å². The molecule has 0 atom stereocenters. The molecule has 1 aliphatic carbocycles. The number of hydrogen-bond acceptors (Lipinski definition) is 4. The molecule has 1 saturated carbocycles. The minimum absolute atomic E-state index is 0.141.